The Bertz CT molecular complexity index is 743. The predicted octanol–water partition coefficient (Wildman–Crippen LogP) is 6.85. The van der Waals surface area contributed by atoms with Gasteiger partial charge in [-0.25, -0.2) is 0 Å². The quantitative estimate of drug-likeness (QED) is 0.282. The molecule has 0 atom stereocenters. The maximum atomic E-state index is 11.5. The van der Waals surface area contributed by atoms with Crippen LogP contribution in [0.25, 0.3) is 0 Å². The van der Waals surface area contributed by atoms with Crippen molar-refractivity contribution in [2.24, 2.45) is 5.73 Å². The minimum atomic E-state index is -0.488. The van der Waals surface area contributed by atoms with E-state index in [9.17, 15) is 4.79 Å². The number of benzene rings is 1. The van der Waals surface area contributed by atoms with Crippen LogP contribution in [0.3, 0.4) is 0 Å². The van der Waals surface area contributed by atoms with Crippen LogP contribution in [0.15, 0.2) is 42.6 Å². The van der Waals surface area contributed by atoms with Crippen molar-refractivity contribution >= 4 is 5.91 Å². The Morgan fingerprint density at radius 3 is 2.00 bits per heavy atom. The fraction of sp³-hybridized carbons (Fsp3) is 0.556. The highest BCUT2D eigenvalue weighted by molar-refractivity contribution is 5.92. The van der Waals surface area contributed by atoms with Gasteiger partial charge in [0.1, 0.15) is 11.4 Å². The van der Waals surface area contributed by atoms with Crippen LogP contribution >= 0.6 is 0 Å². The van der Waals surface area contributed by atoms with E-state index in [1.165, 1.54) is 70.6 Å². The summed E-state index contributed by atoms with van der Waals surface area (Å²) in [7, 11) is 0. The van der Waals surface area contributed by atoms with Crippen LogP contribution in [0.5, 0.6) is 5.75 Å². The average Bonchev–Trinajstić information content (AvgIpc) is 2.78. The smallest absolute Gasteiger partial charge is 0.267 e. The number of unbranched alkanes of at least 4 members (excludes halogenated alkanes) is 11. The molecule has 0 aliphatic rings. The van der Waals surface area contributed by atoms with Crippen molar-refractivity contribution < 1.29 is 9.53 Å². The summed E-state index contributed by atoms with van der Waals surface area (Å²) >= 11 is 0. The summed E-state index contributed by atoms with van der Waals surface area (Å²) in [6.07, 6.45) is 18.4. The van der Waals surface area contributed by atoms with E-state index in [1.807, 2.05) is 36.4 Å². The Balaban J connectivity index is 1.54. The summed E-state index contributed by atoms with van der Waals surface area (Å²) in [5.74, 6) is 0.408. The first-order valence-corrected chi connectivity index (χ1v) is 12.2. The van der Waals surface area contributed by atoms with Gasteiger partial charge in [-0.3, -0.25) is 9.78 Å². The molecule has 0 unspecified atom stereocenters. The molecule has 0 radical (unpaired) electrons. The second kappa shape index (κ2) is 15.4. The number of aromatic nitrogens is 1. The molecule has 0 saturated carbocycles. The van der Waals surface area contributed by atoms with Crippen LogP contribution in [-0.2, 0) is 6.42 Å². The SMILES string of the molecule is CCCCCCCCCCCCCCOc1ccc(Cc2cccnc2C(N)=O)cc1. The number of carbonyl (C=O) groups is 1. The lowest BCUT2D eigenvalue weighted by Crippen LogP contribution is -2.15. The Kier molecular flexibility index (Phi) is 12.4. The van der Waals surface area contributed by atoms with Crippen LogP contribution in [0.2, 0.25) is 0 Å². The van der Waals surface area contributed by atoms with Gasteiger partial charge in [0, 0.05) is 6.20 Å². The number of nitrogens with two attached hydrogens (primary N) is 1. The highest BCUT2D eigenvalue weighted by atomic mass is 16.5. The zero-order valence-electron chi connectivity index (χ0n) is 19.3. The third kappa shape index (κ3) is 10.5. The van der Waals surface area contributed by atoms with Gasteiger partial charge in [0.2, 0.25) is 0 Å². The van der Waals surface area contributed by atoms with E-state index in [1.54, 1.807) is 6.20 Å². The molecule has 2 aromatic rings. The van der Waals surface area contributed by atoms with E-state index in [-0.39, 0.29) is 0 Å². The van der Waals surface area contributed by atoms with Gasteiger partial charge in [0.15, 0.2) is 0 Å². The molecule has 1 heterocycles. The topological polar surface area (TPSA) is 65.2 Å². The van der Waals surface area contributed by atoms with Gasteiger partial charge in [-0.15, -0.1) is 0 Å². The lowest BCUT2D eigenvalue weighted by Gasteiger charge is -2.09. The molecule has 0 spiro atoms. The minimum absolute atomic E-state index is 0.342. The summed E-state index contributed by atoms with van der Waals surface area (Å²) in [5.41, 5.74) is 7.71. The fourth-order valence-electron chi connectivity index (χ4n) is 3.86. The number of primary amides is 1. The van der Waals surface area contributed by atoms with Crippen LogP contribution < -0.4 is 10.5 Å². The van der Waals surface area contributed by atoms with Crippen molar-refractivity contribution in [3.8, 4) is 5.75 Å². The maximum absolute atomic E-state index is 11.5. The standard InChI is InChI=1S/C27H40N2O2/c1-2-3-4-5-6-7-8-9-10-11-12-13-21-31-25-18-16-23(17-19-25)22-24-15-14-20-29-26(24)27(28)30/h14-20H,2-13,21-22H2,1H3,(H2,28,30). The van der Waals surface area contributed by atoms with Gasteiger partial charge in [-0.1, -0.05) is 95.8 Å². The van der Waals surface area contributed by atoms with E-state index in [2.05, 4.69) is 11.9 Å². The monoisotopic (exact) mass is 424 g/mol. The molecular formula is C27H40N2O2. The summed E-state index contributed by atoms with van der Waals surface area (Å²) in [6, 6.07) is 11.8. The van der Waals surface area contributed by atoms with E-state index in [0.29, 0.717) is 12.1 Å². The van der Waals surface area contributed by atoms with Crippen LogP contribution in [0, 0.1) is 0 Å². The lowest BCUT2D eigenvalue weighted by atomic mass is 10.0. The maximum Gasteiger partial charge on any atom is 0.267 e. The van der Waals surface area contributed by atoms with Gasteiger partial charge < -0.3 is 10.5 Å². The predicted molar refractivity (Wildman–Crippen MR) is 129 cm³/mol. The molecule has 1 aromatic carbocycles. The van der Waals surface area contributed by atoms with Crippen LogP contribution in [0.1, 0.15) is 106 Å². The summed E-state index contributed by atoms with van der Waals surface area (Å²) in [4.78, 5) is 15.6. The molecule has 0 fully saturated rings. The van der Waals surface area contributed by atoms with Gasteiger partial charge in [0.05, 0.1) is 6.61 Å². The summed E-state index contributed by atoms with van der Waals surface area (Å²) in [5, 5.41) is 0. The molecule has 0 bridgehead atoms. The van der Waals surface area contributed by atoms with Crippen molar-refractivity contribution in [1.82, 2.24) is 4.98 Å². The third-order valence-corrected chi connectivity index (χ3v) is 5.71. The highest BCUT2D eigenvalue weighted by Crippen LogP contribution is 2.17. The lowest BCUT2D eigenvalue weighted by molar-refractivity contribution is 0.0994. The summed E-state index contributed by atoms with van der Waals surface area (Å²) < 4.78 is 5.88. The largest absolute Gasteiger partial charge is 0.494 e. The number of carbonyl (C=O) groups excluding carboxylic acids is 1. The number of ether oxygens (including phenoxy) is 1. The highest BCUT2D eigenvalue weighted by Gasteiger charge is 2.09. The number of rotatable bonds is 17. The first-order valence-electron chi connectivity index (χ1n) is 12.2. The number of hydrogen-bond acceptors (Lipinski definition) is 3. The molecule has 4 nitrogen and oxygen atoms in total. The second-order valence-electron chi connectivity index (χ2n) is 8.43. The molecule has 4 heteroatoms. The Hall–Kier alpha value is -2.36. The van der Waals surface area contributed by atoms with E-state index < -0.39 is 5.91 Å². The normalized spacial score (nSPS) is 10.9. The van der Waals surface area contributed by atoms with E-state index >= 15 is 0 Å². The number of nitrogens with zero attached hydrogens (tertiary/aromatic N) is 1. The molecule has 2 rings (SSSR count). The third-order valence-electron chi connectivity index (χ3n) is 5.71. The second-order valence-corrected chi connectivity index (χ2v) is 8.43. The molecule has 0 aliphatic carbocycles. The molecule has 1 amide bonds. The van der Waals surface area contributed by atoms with Crippen molar-refractivity contribution in [3.05, 3.63) is 59.4 Å². The molecular weight excluding hydrogens is 384 g/mol. The van der Waals surface area contributed by atoms with Gasteiger partial charge >= 0.3 is 0 Å². The number of pyridine rings is 1. The number of amides is 1. The summed E-state index contributed by atoms with van der Waals surface area (Å²) in [6.45, 7) is 3.04. The first-order chi connectivity index (χ1) is 15.2. The molecule has 0 aliphatic heterocycles. The zero-order chi connectivity index (χ0) is 22.2. The molecule has 2 N–H and O–H groups in total. The first kappa shape index (κ1) is 24.9. The molecule has 170 valence electrons. The van der Waals surface area contributed by atoms with Crippen molar-refractivity contribution in [1.29, 1.82) is 0 Å². The molecule has 0 saturated heterocycles. The van der Waals surface area contributed by atoms with Crippen molar-refractivity contribution in [2.75, 3.05) is 6.61 Å². The van der Waals surface area contributed by atoms with Gasteiger partial charge in [-0.2, -0.15) is 0 Å². The molecule has 1 aromatic heterocycles. The van der Waals surface area contributed by atoms with Crippen LogP contribution in [0.4, 0.5) is 0 Å². The zero-order valence-corrected chi connectivity index (χ0v) is 19.3. The Morgan fingerprint density at radius 2 is 1.42 bits per heavy atom. The molecule has 31 heavy (non-hydrogen) atoms. The van der Waals surface area contributed by atoms with Crippen molar-refractivity contribution in [3.63, 3.8) is 0 Å². The van der Waals surface area contributed by atoms with E-state index in [0.717, 1.165) is 29.9 Å². The number of hydrogen-bond donors (Lipinski definition) is 1. The Labute approximate surface area is 188 Å². The van der Waals surface area contributed by atoms with Crippen molar-refractivity contribution in [2.45, 2.75) is 90.4 Å². The van der Waals surface area contributed by atoms with E-state index in [4.69, 9.17) is 10.5 Å². The van der Waals surface area contributed by atoms with Gasteiger partial charge in [0.25, 0.3) is 5.91 Å². The Morgan fingerprint density at radius 1 is 0.839 bits per heavy atom. The average molecular weight is 425 g/mol. The van der Waals surface area contributed by atoms with Crippen LogP contribution in [-0.4, -0.2) is 17.5 Å². The minimum Gasteiger partial charge on any atom is -0.494 e. The fourth-order valence-corrected chi connectivity index (χ4v) is 3.86. The van der Waals surface area contributed by atoms with Gasteiger partial charge in [-0.05, 0) is 42.2 Å².